The maximum absolute atomic E-state index is 13.6. The van der Waals surface area contributed by atoms with Crippen molar-refractivity contribution in [1.82, 2.24) is 0 Å². The van der Waals surface area contributed by atoms with E-state index in [1.54, 1.807) is 0 Å². The largest absolute Gasteiger partial charge is 0.493 e. The van der Waals surface area contributed by atoms with E-state index < -0.39 is 11.8 Å². The van der Waals surface area contributed by atoms with Crippen molar-refractivity contribution in [3.63, 3.8) is 0 Å². The van der Waals surface area contributed by atoms with Gasteiger partial charge in [0.25, 0.3) is 0 Å². The van der Waals surface area contributed by atoms with Gasteiger partial charge in [-0.15, -0.1) is 0 Å². The minimum Gasteiger partial charge on any atom is -0.493 e. The van der Waals surface area contributed by atoms with Crippen molar-refractivity contribution < 1.29 is 28.5 Å². The third kappa shape index (κ3) is 1.98. The number of carbonyl (C=O) groups is 1. The van der Waals surface area contributed by atoms with Gasteiger partial charge in [-0.25, -0.2) is 9.18 Å². The topological polar surface area (TPSA) is 65.0 Å². The van der Waals surface area contributed by atoms with Crippen molar-refractivity contribution in [2.75, 3.05) is 20.3 Å². The lowest BCUT2D eigenvalue weighted by molar-refractivity contribution is 0.0687. The van der Waals surface area contributed by atoms with Crippen LogP contribution >= 0.6 is 0 Å². The first kappa shape index (κ1) is 11.5. The molecule has 92 valence electrons. The summed E-state index contributed by atoms with van der Waals surface area (Å²) >= 11 is 0. The van der Waals surface area contributed by atoms with Crippen molar-refractivity contribution in [2.45, 2.75) is 6.42 Å². The molecule has 1 heterocycles. The molecular weight excluding hydrogens is 231 g/mol. The van der Waals surface area contributed by atoms with Crippen molar-refractivity contribution in [3.05, 3.63) is 17.4 Å². The second-order valence-corrected chi connectivity index (χ2v) is 3.45. The summed E-state index contributed by atoms with van der Waals surface area (Å²) in [6.07, 6.45) is 0.609. The number of fused-ring (bicyclic) bond motifs is 1. The van der Waals surface area contributed by atoms with Gasteiger partial charge in [0.1, 0.15) is 0 Å². The molecule has 1 aromatic rings. The van der Waals surface area contributed by atoms with Crippen LogP contribution in [-0.4, -0.2) is 31.4 Å². The Morgan fingerprint density at radius 2 is 2.18 bits per heavy atom. The SMILES string of the molecule is COc1c(F)cc2c(c1C(=O)O)OCCCO2. The maximum atomic E-state index is 13.6. The zero-order valence-corrected chi connectivity index (χ0v) is 9.16. The molecule has 0 saturated heterocycles. The third-order valence-corrected chi connectivity index (χ3v) is 2.36. The first-order valence-corrected chi connectivity index (χ1v) is 5.04. The fourth-order valence-corrected chi connectivity index (χ4v) is 1.65. The molecule has 1 aliphatic heterocycles. The summed E-state index contributed by atoms with van der Waals surface area (Å²) in [6, 6.07) is 1.08. The zero-order valence-electron chi connectivity index (χ0n) is 9.16. The van der Waals surface area contributed by atoms with Crippen LogP contribution in [0.4, 0.5) is 4.39 Å². The molecule has 0 fully saturated rings. The Balaban J connectivity index is 2.66. The fourth-order valence-electron chi connectivity index (χ4n) is 1.65. The van der Waals surface area contributed by atoms with Crippen LogP contribution in [0.25, 0.3) is 0 Å². The summed E-state index contributed by atoms with van der Waals surface area (Å²) in [5.41, 5.74) is -0.343. The minimum atomic E-state index is -1.32. The minimum absolute atomic E-state index is 0.0215. The second kappa shape index (κ2) is 4.48. The highest BCUT2D eigenvalue weighted by Gasteiger charge is 2.27. The van der Waals surface area contributed by atoms with Gasteiger partial charge in [-0.1, -0.05) is 0 Å². The first-order chi connectivity index (χ1) is 8.15. The summed E-state index contributed by atoms with van der Waals surface area (Å²) in [5, 5.41) is 9.09. The quantitative estimate of drug-likeness (QED) is 0.854. The predicted molar refractivity (Wildman–Crippen MR) is 55.5 cm³/mol. The van der Waals surface area contributed by atoms with Gasteiger partial charge in [-0.3, -0.25) is 0 Å². The highest BCUT2D eigenvalue weighted by atomic mass is 19.1. The molecule has 1 aliphatic rings. The molecule has 0 amide bonds. The first-order valence-electron chi connectivity index (χ1n) is 5.04. The molecule has 2 rings (SSSR count). The number of rotatable bonds is 2. The molecule has 0 radical (unpaired) electrons. The van der Waals surface area contributed by atoms with E-state index in [4.69, 9.17) is 19.3 Å². The highest BCUT2D eigenvalue weighted by molar-refractivity contribution is 5.95. The number of carboxylic acid groups (broad SMARTS) is 1. The summed E-state index contributed by atoms with van der Waals surface area (Å²) in [4.78, 5) is 11.1. The van der Waals surface area contributed by atoms with Crippen LogP contribution in [-0.2, 0) is 0 Å². The predicted octanol–water partition coefficient (Wildman–Crippen LogP) is 1.69. The van der Waals surface area contributed by atoms with E-state index in [-0.39, 0.29) is 22.8 Å². The van der Waals surface area contributed by atoms with Gasteiger partial charge in [-0.05, 0) is 0 Å². The average molecular weight is 242 g/mol. The van der Waals surface area contributed by atoms with Crippen LogP contribution in [0.2, 0.25) is 0 Å². The molecule has 0 aliphatic carbocycles. The molecule has 0 aromatic heterocycles. The van der Waals surface area contributed by atoms with E-state index in [2.05, 4.69) is 0 Å². The smallest absolute Gasteiger partial charge is 0.343 e. The Hall–Kier alpha value is -1.98. The Kier molecular flexibility index (Phi) is 3.03. The number of ether oxygens (including phenoxy) is 3. The number of hydrogen-bond donors (Lipinski definition) is 1. The Bertz CT molecular complexity index is 458. The standard InChI is InChI=1S/C11H11FO5/c1-15-9-6(12)5-7-10(8(9)11(13)14)17-4-2-3-16-7/h5H,2-4H2,1H3,(H,13,14). The third-order valence-electron chi connectivity index (χ3n) is 2.36. The van der Waals surface area contributed by atoms with Gasteiger partial charge >= 0.3 is 5.97 Å². The summed E-state index contributed by atoms with van der Waals surface area (Å²) < 4.78 is 28.9. The zero-order chi connectivity index (χ0) is 12.4. The molecule has 5 nitrogen and oxygen atoms in total. The number of hydrogen-bond acceptors (Lipinski definition) is 4. The summed E-state index contributed by atoms with van der Waals surface area (Å²) in [6.45, 7) is 0.680. The van der Waals surface area contributed by atoms with Crippen LogP contribution in [0.3, 0.4) is 0 Å². The molecule has 17 heavy (non-hydrogen) atoms. The van der Waals surface area contributed by atoms with E-state index in [0.29, 0.717) is 19.6 Å². The van der Waals surface area contributed by atoms with E-state index in [1.807, 2.05) is 0 Å². The van der Waals surface area contributed by atoms with Crippen molar-refractivity contribution in [3.8, 4) is 17.2 Å². The highest BCUT2D eigenvalue weighted by Crippen LogP contribution is 2.40. The van der Waals surface area contributed by atoms with Crippen molar-refractivity contribution >= 4 is 5.97 Å². The van der Waals surface area contributed by atoms with E-state index in [1.165, 1.54) is 7.11 Å². The van der Waals surface area contributed by atoms with E-state index in [0.717, 1.165) is 6.07 Å². The molecule has 0 spiro atoms. The fraction of sp³-hybridized carbons (Fsp3) is 0.364. The molecular formula is C11H11FO5. The van der Waals surface area contributed by atoms with Gasteiger partial charge in [0, 0.05) is 12.5 Å². The van der Waals surface area contributed by atoms with Crippen LogP contribution in [0.15, 0.2) is 6.07 Å². The second-order valence-electron chi connectivity index (χ2n) is 3.45. The molecule has 1 N–H and O–H groups in total. The summed E-state index contributed by atoms with van der Waals surface area (Å²) in [7, 11) is 1.20. The lowest BCUT2D eigenvalue weighted by atomic mass is 10.1. The number of carboxylic acids is 1. The van der Waals surface area contributed by atoms with E-state index in [9.17, 15) is 9.18 Å². The number of methoxy groups -OCH3 is 1. The molecule has 0 atom stereocenters. The van der Waals surface area contributed by atoms with Gasteiger partial charge in [0.05, 0.1) is 20.3 Å². The molecule has 0 saturated carbocycles. The van der Waals surface area contributed by atoms with Gasteiger partial charge in [0.15, 0.2) is 28.6 Å². The van der Waals surface area contributed by atoms with Gasteiger partial charge < -0.3 is 19.3 Å². The Morgan fingerprint density at radius 1 is 1.47 bits per heavy atom. The summed E-state index contributed by atoms with van der Waals surface area (Å²) in [5.74, 6) is -2.33. The van der Waals surface area contributed by atoms with Crippen LogP contribution in [0.5, 0.6) is 17.2 Å². The molecule has 0 unspecified atom stereocenters. The maximum Gasteiger partial charge on any atom is 0.343 e. The van der Waals surface area contributed by atoms with Crippen molar-refractivity contribution in [2.24, 2.45) is 0 Å². The average Bonchev–Trinajstić information content (AvgIpc) is 2.51. The number of halogens is 1. The van der Waals surface area contributed by atoms with Crippen LogP contribution in [0.1, 0.15) is 16.8 Å². The molecule has 6 heteroatoms. The lowest BCUT2D eigenvalue weighted by Crippen LogP contribution is -2.07. The van der Waals surface area contributed by atoms with Crippen LogP contribution < -0.4 is 14.2 Å². The molecule has 0 bridgehead atoms. The lowest BCUT2D eigenvalue weighted by Gasteiger charge is -2.13. The van der Waals surface area contributed by atoms with Gasteiger partial charge in [-0.2, -0.15) is 0 Å². The Morgan fingerprint density at radius 3 is 2.82 bits per heavy atom. The van der Waals surface area contributed by atoms with Gasteiger partial charge in [0.2, 0.25) is 0 Å². The normalized spacial score (nSPS) is 14.0. The Labute approximate surface area is 96.7 Å². The number of benzene rings is 1. The van der Waals surface area contributed by atoms with Crippen molar-refractivity contribution in [1.29, 1.82) is 0 Å². The van der Waals surface area contributed by atoms with E-state index >= 15 is 0 Å². The number of aromatic carboxylic acids is 1. The molecule has 1 aromatic carbocycles. The monoisotopic (exact) mass is 242 g/mol. The van der Waals surface area contributed by atoms with Crippen LogP contribution in [0, 0.1) is 5.82 Å².